The average Bonchev–Trinajstić information content (AvgIpc) is 2.72. The zero-order chi connectivity index (χ0) is 23.2. The largest absolute Gasteiger partial charge is 0.388 e. The molecule has 3 rings (SSSR count). The van der Waals surface area contributed by atoms with Crippen LogP contribution in [0.15, 0.2) is 0 Å². The van der Waals surface area contributed by atoms with Gasteiger partial charge >= 0.3 is 0 Å². The first-order valence-corrected chi connectivity index (χ1v) is 10.2. The van der Waals surface area contributed by atoms with Gasteiger partial charge in [-0.25, -0.2) is 0 Å². The molecule has 0 aliphatic carbocycles. The van der Waals surface area contributed by atoms with E-state index in [-0.39, 0.29) is 0 Å². The minimum Gasteiger partial charge on any atom is -0.388 e. The summed E-state index contributed by atoms with van der Waals surface area (Å²) in [7, 11) is 0. The molecule has 31 heavy (non-hydrogen) atoms. The molecule has 8 N–H and O–H groups in total. The van der Waals surface area contributed by atoms with E-state index >= 15 is 0 Å². The van der Waals surface area contributed by atoms with Crippen LogP contribution in [-0.2, 0) is 23.7 Å². The Labute approximate surface area is 178 Å². The van der Waals surface area contributed by atoms with Crippen molar-refractivity contribution >= 4 is 0 Å². The number of rotatable bonds is 4. The van der Waals surface area contributed by atoms with Crippen molar-refractivity contribution in [3.05, 3.63) is 0 Å². The summed E-state index contributed by atoms with van der Waals surface area (Å²) < 4.78 is 26.9. The molecule has 0 bridgehead atoms. The maximum absolute atomic E-state index is 10.7. The number of ether oxygens (including phenoxy) is 5. The summed E-state index contributed by atoms with van der Waals surface area (Å²) in [6.45, 7) is 4.36. The van der Waals surface area contributed by atoms with Crippen LogP contribution in [0.1, 0.15) is 20.8 Å². The summed E-state index contributed by atoms with van der Waals surface area (Å²) in [6.07, 6.45) is -20.9. The molecule has 0 aromatic carbocycles. The molecule has 0 aromatic heterocycles. The fraction of sp³-hybridized carbons (Fsp3) is 1.00. The molecule has 3 aliphatic rings. The van der Waals surface area contributed by atoms with Crippen LogP contribution < -0.4 is 0 Å². The van der Waals surface area contributed by atoms with Gasteiger partial charge in [0, 0.05) is 0 Å². The van der Waals surface area contributed by atoms with Crippen molar-refractivity contribution in [3.63, 3.8) is 0 Å². The standard InChI is InChI=1S/C18H32O13/c1-4-7(19)10(22)11(23)17(28-4)31-15-9(21)6(3)29-18(13(15)25)30-14-8(20)5(2)27-16(26)12(14)24/h4-26H,1-3H3/t4-,5-,6-,7-,8-,9-,10+,11+,12+,13+,14+,15+,16+,17-,18-/m0/s1. The Morgan fingerprint density at radius 1 is 0.452 bits per heavy atom. The molecule has 0 unspecified atom stereocenters. The normalized spacial score (nSPS) is 56.4. The van der Waals surface area contributed by atoms with Crippen molar-refractivity contribution in [1.82, 2.24) is 0 Å². The van der Waals surface area contributed by atoms with Crippen molar-refractivity contribution < 1.29 is 64.5 Å². The molecule has 0 aromatic rings. The molecule has 182 valence electrons. The zero-order valence-corrected chi connectivity index (χ0v) is 17.3. The van der Waals surface area contributed by atoms with Crippen LogP contribution >= 0.6 is 0 Å². The second kappa shape index (κ2) is 9.77. The maximum atomic E-state index is 10.7. The number of aliphatic hydroxyl groups is 8. The molecule has 0 saturated carbocycles. The first kappa shape index (κ1) is 25.1. The summed E-state index contributed by atoms with van der Waals surface area (Å²) >= 11 is 0. The van der Waals surface area contributed by atoms with Gasteiger partial charge in [-0.1, -0.05) is 0 Å². The van der Waals surface area contributed by atoms with E-state index in [1.807, 2.05) is 0 Å². The molecule has 3 aliphatic heterocycles. The Kier molecular flexibility index (Phi) is 7.91. The van der Waals surface area contributed by atoms with E-state index in [1.165, 1.54) is 20.8 Å². The van der Waals surface area contributed by atoms with Crippen LogP contribution in [0.5, 0.6) is 0 Å². The smallest absolute Gasteiger partial charge is 0.187 e. The topological polar surface area (TPSA) is 208 Å². The number of hydrogen-bond donors (Lipinski definition) is 8. The lowest BCUT2D eigenvalue weighted by molar-refractivity contribution is -0.373. The van der Waals surface area contributed by atoms with E-state index in [0.717, 1.165) is 0 Å². The van der Waals surface area contributed by atoms with Crippen molar-refractivity contribution in [1.29, 1.82) is 0 Å². The van der Waals surface area contributed by atoms with Crippen molar-refractivity contribution in [3.8, 4) is 0 Å². The third-order valence-corrected chi connectivity index (χ3v) is 5.97. The van der Waals surface area contributed by atoms with Crippen molar-refractivity contribution in [2.75, 3.05) is 0 Å². The predicted molar refractivity (Wildman–Crippen MR) is 97.0 cm³/mol. The lowest BCUT2D eigenvalue weighted by atomic mass is 9.96. The van der Waals surface area contributed by atoms with E-state index in [1.54, 1.807) is 0 Å². The Hall–Kier alpha value is -0.520. The van der Waals surface area contributed by atoms with Crippen molar-refractivity contribution in [2.24, 2.45) is 0 Å². The monoisotopic (exact) mass is 456 g/mol. The molecule has 3 saturated heterocycles. The van der Waals surface area contributed by atoms with Crippen LogP contribution in [0.4, 0.5) is 0 Å². The van der Waals surface area contributed by atoms with Gasteiger partial charge in [-0.3, -0.25) is 0 Å². The second-order valence-corrected chi connectivity index (χ2v) is 8.29. The Morgan fingerprint density at radius 3 is 1.42 bits per heavy atom. The Bertz CT molecular complexity index is 581. The predicted octanol–water partition coefficient (Wildman–Crippen LogP) is -4.49. The van der Waals surface area contributed by atoms with Gasteiger partial charge in [-0.05, 0) is 20.8 Å². The Morgan fingerprint density at radius 2 is 0.871 bits per heavy atom. The molecule has 0 radical (unpaired) electrons. The summed E-state index contributed by atoms with van der Waals surface area (Å²) in [5, 5.41) is 81.2. The summed E-state index contributed by atoms with van der Waals surface area (Å²) in [5.41, 5.74) is 0. The highest BCUT2D eigenvalue weighted by molar-refractivity contribution is 4.94. The first-order valence-electron chi connectivity index (χ1n) is 10.2. The Balaban J connectivity index is 1.73. The summed E-state index contributed by atoms with van der Waals surface area (Å²) in [5.74, 6) is 0. The van der Waals surface area contributed by atoms with Gasteiger partial charge < -0.3 is 64.5 Å². The van der Waals surface area contributed by atoms with Gasteiger partial charge in [0.15, 0.2) is 18.9 Å². The van der Waals surface area contributed by atoms with E-state index in [9.17, 15) is 40.9 Å². The fourth-order valence-electron chi connectivity index (χ4n) is 3.88. The molecule has 15 atom stereocenters. The second-order valence-electron chi connectivity index (χ2n) is 8.29. The highest BCUT2D eigenvalue weighted by Crippen LogP contribution is 2.32. The zero-order valence-electron chi connectivity index (χ0n) is 17.3. The lowest BCUT2D eigenvalue weighted by Gasteiger charge is -2.47. The van der Waals surface area contributed by atoms with E-state index in [2.05, 4.69) is 0 Å². The summed E-state index contributed by atoms with van der Waals surface area (Å²) in [6, 6.07) is 0. The SMILES string of the molecule is C[C@@H]1O[C@@H](O[C@@H]2[C@@H](O)[C@H](C)O[C@@H](O[C@@H]3[C@@H](O)[C@H](C)O[C@@H](O)[C@@H]3O)[C@@H]2O)[C@H](O)[C@H](O)[C@H]1O. The maximum Gasteiger partial charge on any atom is 0.187 e. The third kappa shape index (κ3) is 4.89. The molecular weight excluding hydrogens is 424 g/mol. The third-order valence-electron chi connectivity index (χ3n) is 5.97. The lowest BCUT2D eigenvalue weighted by Crippen LogP contribution is -2.65. The van der Waals surface area contributed by atoms with Gasteiger partial charge in [0.05, 0.1) is 18.3 Å². The van der Waals surface area contributed by atoms with Crippen LogP contribution in [0.25, 0.3) is 0 Å². The highest BCUT2D eigenvalue weighted by atomic mass is 16.7. The van der Waals surface area contributed by atoms with Crippen LogP contribution in [0.3, 0.4) is 0 Å². The molecule has 13 heteroatoms. The van der Waals surface area contributed by atoms with E-state index in [0.29, 0.717) is 0 Å². The highest BCUT2D eigenvalue weighted by Gasteiger charge is 2.52. The van der Waals surface area contributed by atoms with Gasteiger partial charge in [0.25, 0.3) is 0 Å². The van der Waals surface area contributed by atoms with E-state index in [4.69, 9.17) is 23.7 Å². The van der Waals surface area contributed by atoms with E-state index < -0.39 is 92.1 Å². The molecule has 13 nitrogen and oxygen atoms in total. The summed E-state index contributed by atoms with van der Waals surface area (Å²) in [4.78, 5) is 0. The molecule has 3 heterocycles. The molecule has 3 fully saturated rings. The molecular formula is C18H32O13. The number of aliphatic hydroxyl groups excluding tert-OH is 8. The van der Waals surface area contributed by atoms with Crippen LogP contribution in [-0.4, -0.2) is 133 Å². The van der Waals surface area contributed by atoms with Crippen molar-refractivity contribution in [2.45, 2.75) is 113 Å². The minimum atomic E-state index is -1.68. The first-order chi connectivity index (χ1) is 14.4. The average molecular weight is 456 g/mol. The minimum absolute atomic E-state index is 0.889. The molecule has 0 amide bonds. The quantitative estimate of drug-likeness (QED) is 0.201. The van der Waals surface area contributed by atoms with Crippen LogP contribution in [0.2, 0.25) is 0 Å². The number of hydrogen-bond acceptors (Lipinski definition) is 13. The van der Waals surface area contributed by atoms with Gasteiger partial charge in [0.2, 0.25) is 0 Å². The van der Waals surface area contributed by atoms with Gasteiger partial charge in [0.1, 0.15) is 54.9 Å². The van der Waals surface area contributed by atoms with Gasteiger partial charge in [-0.15, -0.1) is 0 Å². The molecule has 0 spiro atoms. The van der Waals surface area contributed by atoms with Crippen LogP contribution in [0, 0.1) is 0 Å². The fourth-order valence-corrected chi connectivity index (χ4v) is 3.88. The van der Waals surface area contributed by atoms with Gasteiger partial charge in [-0.2, -0.15) is 0 Å².